The van der Waals surface area contributed by atoms with E-state index in [9.17, 15) is 5.26 Å². The van der Waals surface area contributed by atoms with Gasteiger partial charge in [0, 0.05) is 19.1 Å². The Kier molecular flexibility index (Phi) is 7.53. The van der Waals surface area contributed by atoms with Crippen LogP contribution in [0.5, 0.6) is 23.0 Å². The van der Waals surface area contributed by atoms with Gasteiger partial charge in [0.15, 0.2) is 23.0 Å². The van der Waals surface area contributed by atoms with Crippen LogP contribution in [0.3, 0.4) is 0 Å². The zero-order valence-electron chi connectivity index (χ0n) is 20.9. The maximum absolute atomic E-state index is 10.3. The minimum Gasteiger partial charge on any atom is -0.493 e. The fourth-order valence-electron chi connectivity index (χ4n) is 5.73. The second kappa shape index (κ2) is 10.6. The molecule has 4 rings (SSSR count). The van der Waals surface area contributed by atoms with Crippen LogP contribution in [-0.2, 0) is 18.4 Å². The van der Waals surface area contributed by atoms with Crippen molar-refractivity contribution in [3.8, 4) is 29.1 Å². The van der Waals surface area contributed by atoms with Crippen LogP contribution in [0.2, 0.25) is 0 Å². The van der Waals surface area contributed by atoms with E-state index in [1.165, 1.54) is 11.1 Å². The van der Waals surface area contributed by atoms with E-state index in [-0.39, 0.29) is 0 Å². The van der Waals surface area contributed by atoms with Gasteiger partial charge in [-0.05, 0) is 85.9 Å². The minimum atomic E-state index is -0.469. The lowest BCUT2D eigenvalue weighted by molar-refractivity contribution is 0.143. The number of rotatable bonds is 6. The predicted octanol–water partition coefficient (Wildman–Crippen LogP) is 5.26. The van der Waals surface area contributed by atoms with E-state index in [1.807, 2.05) is 18.2 Å². The largest absolute Gasteiger partial charge is 0.493 e. The van der Waals surface area contributed by atoms with Gasteiger partial charge in [0.25, 0.3) is 0 Å². The molecule has 2 aliphatic rings. The number of ether oxygens (including phenoxy) is 4. The summed E-state index contributed by atoms with van der Waals surface area (Å²) in [6.07, 6.45) is 7.04. The minimum absolute atomic E-state index is 0.469. The third kappa shape index (κ3) is 4.67. The van der Waals surface area contributed by atoms with Gasteiger partial charge in [-0.2, -0.15) is 5.26 Å². The first-order chi connectivity index (χ1) is 16.6. The fourth-order valence-corrected chi connectivity index (χ4v) is 5.73. The van der Waals surface area contributed by atoms with Crippen molar-refractivity contribution in [2.45, 2.75) is 62.9 Å². The van der Waals surface area contributed by atoms with Crippen molar-refractivity contribution in [1.82, 2.24) is 4.90 Å². The van der Waals surface area contributed by atoms with Crippen molar-refractivity contribution in [1.29, 1.82) is 5.26 Å². The van der Waals surface area contributed by atoms with E-state index < -0.39 is 5.41 Å². The summed E-state index contributed by atoms with van der Waals surface area (Å²) in [4.78, 5) is 2.63. The lowest BCUT2D eigenvalue weighted by atomic mass is 9.71. The van der Waals surface area contributed by atoms with E-state index in [0.717, 1.165) is 75.1 Å². The highest BCUT2D eigenvalue weighted by Gasteiger charge is 2.35. The van der Waals surface area contributed by atoms with Crippen LogP contribution in [0.4, 0.5) is 0 Å². The summed E-state index contributed by atoms with van der Waals surface area (Å²) in [5.41, 5.74) is 3.27. The first-order valence-corrected chi connectivity index (χ1v) is 12.2. The molecule has 1 fully saturated rings. The lowest BCUT2D eigenvalue weighted by Crippen LogP contribution is -2.40. The SMILES string of the molecule is COc1ccc(C2(C#N)CCCC(N3CCc4cc(OC)c(OC)cc4C3)CCC2)cc1OC. The van der Waals surface area contributed by atoms with Crippen molar-refractivity contribution in [2.24, 2.45) is 0 Å². The van der Waals surface area contributed by atoms with Gasteiger partial charge < -0.3 is 18.9 Å². The van der Waals surface area contributed by atoms with Crippen molar-refractivity contribution >= 4 is 0 Å². The molecule has 0 spiro atoms. The zero-order chi connectivity index (χ0) is 24.1. The molecule has 0 N–H and O–H groups in total. The van der Waals surface area contributed by atoms with Gasteiger partial charge >= 0.3 is 0 Å². The van der Waals surface area contributed by atoms with Crippen LogP contribution in [0.15, 0.2) is 30.3 Å². The smallest absolute Gasteiger partial charge is 0.161 e. The molecule has 0 amide bonds. The highest BCUT2D eigenvalue weighted by molar-refractivity contribution is 5.49. The number of benzene rings is 2. The van der Waals surface area contributed by atoms with Crippen molar-refractivity contribution in [3.63, 3.8) is 0 Å². The van der Waals surface area contributed by atoms with Crippen LogP contribution in [-0.4, -0.2) is 45.9 Å². The van der Waals surface area contributed by atoms with Crippen molar-refractivity contribution in [2.75, 3.05) is 35.0 Å². The zero-order valence-corrected chi connectivity index (χ0v) is 20.9. The number of hydrogen-bond donors (Lipinski definition) is 0. The van der Waals surface area contributed by atoms with Gasteiger partial charge in [-0.15, -0.1) is 0 Å². The molecule has 6 heteroatoms. The Morgan fingerprint density at radius 1 is 0.824 bits per heavy atom. The summed E-state index contributed by atoms with van der Waals surface area (Å²) in [5.74, 6) is 3.00. The lowest BCUT2D eigenvalue weighted by Gasteiger charge is -2.39. The summed E-state index contributed by atoms with van der Waals surface area (Å²) >= 11 is 0. The van der Waals surface area contributed by atoms with Gasteiger partial charge in [0.2, 0.25) is 0 Å². The second-order valence-electron chi connectivity index (χ2n) is 9.40. The Morgan fingerprint density at radius 2 is 1.41 bits per heavy atom. The van der Waals surface area contributed by atoms with Crippen LogP contribution in [0.1, 0.15) is 55.2 Å². The number of nitrogens with zero attached hydrogens (tertiary/aromatic N) is 2. The second-order valence-corrected chi connectivity index (χ2v) is 9.40. The topological polar surface area (TPSA) is 64.0 Å². The Bertz CT molecular complexity index is 1040. The molecule has 1 heterocycles. The van der Waals surface area contributed by atoms with Gasteiger partial charge in [-0.3, -0.25) is 4.90 Å². The van der Waals surface area contributed by atoms with Crippen LogP contribution >= 0.6 is 0 Å². The summed E-state index contributed by atoms with van der Waals surface area (Å²) in [7, 11) is 6.67. The molecule has 0 aromatic heterocycles. The van der Waals surface area contributed by atoms with E-state index in [2.05, 4.69) is 23.1 Å². The number of fused-ring (bicyclic) bond motifs is 1. The highest BCUT2D eigenvalue weighted by atomic mass is 16.5. The third-order valence-corrected chi connectivity index (χ3v) is 7.70. The quantitative estimate of drug-likeness (QED) is 0.581. The van der Waals surface area contributed by atoms with Crippen LogP contribution < -0.4 is 18.9 Å². The average Bonchev–Trinajstić information content (AvgIpc) is 2.87. The molecular formula is C28H36N2O4. The molecule has 182 valence electrons. The highest BCUT2D eigenvalue weighted by Crippen LogP contribution is 2.42. The maximum Gasteiger partial charge on any atom is 0.161 e. The summed E-state index contributed by atoms with van der Waals surface area (Å²) in [6.45, 7) is 2.01. The summed E-state index contributed by atoms with van der Waals surface area (Å²) < 4.78 is 21.9. The Balaban J connectivity index is 1.46. The molecule has 2 aromatic rings. The van der Waals surface area contributed by atoms with Crippen molar-refractivity contribution < 1.29 is 18.9 Å². The van der Waals surface area contributed by atoms with Gasteiger partial charge in [-0.1, -0.05) is 6.07 Å². The molecule has 34 heavy (non-hydrogen) atoms. The number of methoxy groups -OCH3 is 4. The first kappa shape index (κ1) is 24.2. The Morgan fingerprint density at radius 3 is 2.00 bits per heavy atom. The molecule has 1 saturated carbocycles. The monoisotopic (exact) mass is 464 g/mol. The summed E-state index contributed by atoms with van der Waals surface area (Å²) in [5, 5.41) is 10.3. The maximum atomic E-state index is 10.3. The van der Waals surface area contributed by atoms with Gasteiger partial charge in [0.1, 0.15) is 0 Å². The molecule has 2 aromatic carbocycles. The summed E-state index contributed by atoms with van der Waals surface area (Å²) in [6, 6.07) is 13.4. The van der Waals surface area contributed by atoms with E-state index in [4.69, 9.17) is 18.9 Å². The molecule has 0 atom stereocenters. The molecule has 1 aliphatic carbocycles. The normalized spacial score (nSPS) is 23.1. The third-order valence-electron chi connectivity index (χ3n) is 7.70. The molecule has 0 unspecified atom stereocenters. The molecular weight excluding hydrogens is 428 g/mol. The fraction of sp³-hybridized carbons (Fsp3) is 0.536. The van der Waals surface area contributed by atoms with Gasteiger partial charge in [0.05, 0.1) is 39.9 Å². The standard InChI is InChI=1S/C28H36N2O4/c1-31-24-10-9-22(17-27(24)34-4)28(19-29)12-5-7-23(8-6-13-28)30-14-11-20-15-25(32-2)26(33-3)16-21(20)18-30/h9-10,15-17,23H,5-8,11-14,18H2,1-4H3. The van der Waals surface area contributed by atoms with Gasteiger partial charge in [-0.25, -0.2) is 0 Å². The molecule has 1 aliphatic heterocycles. The molecule has 0 bridgehead atoms. The van der Waals surface area contributed by atoms with E-state index in [0.29, 0.717) is 17.5 Å². The van der Waals surface area contributed by atoms with Crippen LogP contribution in [0.25, 0.3) is 0 Å². The molecule has 0 saturated heterocycles. The Hall–Kier alpha value is -2.91. The van der Waals surface area contributed by atoms with E-state index >= 15 is 0 Å². The van der Waals surface area contributed by atoms with E-state index in [1.54, 1.807) is 28.4 Å². The average molecular weight is 465 g/mol. The number of hydrogen-bond acceptors (Lipinski definition) is 6. The molecule has 6 nitrogen and oxygen atoms in total. The Labute approximate surface area is 203 Å². The predicted molar refractivity (Wildman–Crippen MR) is 132 cm³/mol. The first-order valence-electron chi connectivity index (χ1n) is 12.2. The number of nitriles is 1. The van der Waals surface area contributed by atoms with Crippen molar-refractivity contribution in [3.05, 3.63) is 47.0 Å². The molecule has 0 radical (unpaired) electrons. The van der Waals surface area contributed by atoms with Crippen LogP contribution in [0, 0.1) is 11.3 Å².